The number of benzene rings is 1. The largest absolute Gasteiger partial charge is 0.416 e. The summed E-state index contributed by atoms with van der Waals surface area (Å²) in [5, 5.41) is 2.85. The second-order valence-electron chi connectivity index (χ2n) is 6.57. The number of alkyl halides is 3. The van der Waals surface area contributed by atoms with Crippen molar-refractivity contribution in [3.8, 4) is 0 Å². The van der Waals surface area contributed by atoms with Crippen molar-refractivity contribution in [3.63, 3.8) is 0 Å². The van der Waals surface area contributed by atoms with Crippen molar-refractivity contribution in [2.45, 2.75) is 19.0 Å². The lowest BCUT2D eigenvalue weighted by Crippen LogP contribution is -2.40. The number of hydrogen-bond donors (Lipinski definition) is 2. The van der Waals surface area contributed by atoms with Crippen molar-refractivity contribution in [3.05, 3.63) is 53.7 Å². The number of piperidine rings is 1. The minimum Gasteiger partial charge on any atom is -0.340 e. The van der Waals surface area contributed by atoms with E-state index in [4.69, 9.17) is 5.73 Å². The maximum absolute atomic E-state index is 12.9. The molecule has 1 saturated heterocycles. The molecule has 9 heteroatoms. The quantitative estimate of drug-likeness (QED) is 0.790. The number of nitrogens with two attached hydrogens (primary N) is 1. The third-order valence-corrected chi connectivity index (χ3v) is 4.73. The van der Waals surface area contributed by atoms with Gasteiger partial charge in [0, 0.05) is 25.0 Å². The summed E-state index contributed by atoms with van der Waals surface area (Å²) < 4.78 is 38.7. The first-order valence-corrected chi connectivity index (χ1v) is 8.77. The van der Waals surface area contributed by atoms with E-state index in [1.165, 1.54) is 18.3 Å². The minimum atomic E-state index is -4.44. The van der Waals surface area contributed by atoms with Gasteiger partial charge in [0.2, 0.25) is 0 Å². The van der Waals surface area contributed by atoms with E-state index in [1.54, 1.807) is 17.0 Å². The van der Waals surface area contributed by atoms with Crippen molar-refractivity contribution in [1.29, 1.82) is 0 Å². The average molecular weight is 415 g/mol. The van der Waals surface area contributed by atoms with Gasteiger partial charge in [-0.15, -0.1) is 12.4 Å². The van der Waals surface area contributed by atoms with Crippen LogP contribution in [0.25, 0.3) is 0 Å². The molecule has 0 unspecified atom stereocenters. The summed E-state index contributed by atoms with van der Waals surface area (Å²) in [6, 6.07) is 8.07. The molecule has 0 saturated carbocycles. The maximum atomic E-state index is 12.9. The van der Waals surface area contributed by atoms with E-state index < -0.39 is 11.7 Å². The number of pyridine rings is 1. The summed E-state index contributed by atoms with van der Waals surface area (Å²) in [5.74, 6) is 0.474. The minimum absolute atomic E-state index is 0. The Balaban J connectivity index is 0.00000280. The van der Waals surface area contributed by atoms with Gasteiger partial charge < -0.3 is 16.0 Å². The van der Waals surface area contributed by atoms with Gasteiger partial charge in [-0.05, 0) is 55.6 Å². The van der Waals surface area contributed by atoms with Gasteiger partial charge in [0.25, 0.3) is 5.91 Å². The van der Waals surface area contributed by atoms with Crippen LogP contribution in [0.5, 0.6) is 0 Å². The van der Waals surface area contributed by atoms with Crippen LogP contribution in [-0.2, 0) is 6.18 Å². The number of carbonyl (C=O) groups excluding carboxylic acids is 1. The summed E-state index contributed by atoms with van der Waals surface area (Å²) in [7, 11) is 0. The molecular formula is C19H22ClF3N4O. The zero-order valence-corrected chi connectivity index (χ0v) is 15.9. The van der Waals surface area contributed by atoms with Gasteiger partial charge in [-0.1, -0.05) is 6.07 Å². The highest BCUT2D eigenvalue weighted by atomic mass is 35.5. The maximum Gasteiger partial charge on any atom is 0.416 e. The number of nitrogens with zero attached hydrogens (tertiary/aromatic N) is 2. The van der Waals surface area contributed by atoms with E-state index >= 15 is 0 Å². The molecule has 3 rings (SSSR count). The molecule has 1 aromatic carbocycles. The van der Waals surface area contributed by atoms with Crippen LogP contribution >= 0.6 is 12.4 Å². The first-order valence-electron chi connectivity index (χ1n) is 8.77. The molecule has 0 spiro atoms. The molecule has 5 nitrogen and oxygen atoms in total. The number of amides is 1. The summed E-state index contributed by atoms with van der Waals surface area (Å²) >= 11 is 0. The number of anilines is 2. The second kappa shape index (κ2) is 9.25. The van der Waals surface area contributed by atoms with Gasteiger partial charge in [0.1, 0.15) is 5.82 Å². The topological polar surface area (TPSA) is 71.2 Å². The molecule has 0 bridgehead atoms. The van der Waals surface area contributed by atoms with Crippen LogP contribution in [0.4, 0.5) is 24.7 Å². The first kappa shape index (κ1) is 22.0. The smallest absolute Gasteiger partial charge is 0.340 e. The molecule has 1 aromatic heterocycles. The highest BCUT2D eigenvalue weighted by Gasteiger charge is 2.30. The SMILES string of the molecule is Cl.NCC1CCN(C(=O)c2cccnc2Nc2cccc(C(F)(F)F)c2)CC1. The normalized spacial score (nSPS) is 15.1. The van der Waals surface area contributed by atoms with E-state index in [0.717, 1.165) is 25.0 Å². The number of aromatic nitrogens is 1. The lowest BCUT2D eigenvalue weighted by atomic mass is 9.96. The van der Waals surface area contributed by atoms with Crippen molar-refractivity contribution >= 4 is 29.8 Å². The molecule has 1 fully saturated rings. The molecule has 28 heavy (non-hydrogen) atoms. The number of carbonyl (C=O) groups is 1. The Morgan fingerprint density at radius 3 is 2.57 bits per heavy atom. The number of hydrogen-bond acceptors (Lipinski definition) is 4. The highest BCUT2D eigenvalue weighted by Crippen LogP contribution is 2.31. The summed E-state index contributed by atoms with van der Waals surface area (Å²) in [4.78, 5) is 18.8. The third-order valence-electron chi connectivity index (χ3n) is 4.73. The molecule has 0 atom stereocenters. The van der Waals surface area contributed by atoms with Crippen molar-refractivity contribution in [2.75, 3.05) is 25.0 Å². The van der Waals surface area contributed by atoms with Gasteiger partial charge in [-0.2, -0.15) is 13.2 Å². The Bertz CT molecular complexity index is 808. The van der Waals surface area contributed by atoms with Gasteiger partial charge in [0.15, 0.2) is 0 Å². The summed E-state index contributed by atoms with van der Waals surface area (Å²) in [6.45, 7) is 1.83. The predicted octanol–water partition coefficient (Wildman–Crippen LogP) is 4.08. The Morgan fingerprint density at radius 2 is 1.93 bits per heavy atom. The molecule has 152 valence electrons. The number of halogens is 4. The predicted molar refractivity (Wildman–Crippen MR) is 104 cm³/mol. The molecule has 2 heterocycles. The number of rotatable bonds is 4. The van der Waals surface area contributed by atoms with Gasteiger partial charge in [0.05, 0.1) is 11.1 Å². The Morgan fingerprint density at radius 1 is 1.21 bits per heavy atom. The van der Waals surface area contributed by atoms with Crippen molar-refractivity contribution in [1.82, 2.24) is 9.88 Å². The summed E-state index contributed by atoms with van der Waals surface area (Å²) in [6.07, 6.45) is -1.25. The van der Waals surface area contributed by atoms with Crippen LogP contribution in [0.2, 0.25) is 0 Å². The number of nitrogens with one attached hydrogen (secondary N) is 1. The molecule has 0 radical (unpaired) electrons. The average Bonchev–Trinajstić information content (AvgIpc) is 2.67. The Labute approximate surface area is 167 Å². The monoisotopic (exact) mass is 414 g/mol. The molecule has 1 amide bonds. The fourth-order valence-electron chi connectivity index (χ4n) is 3.13. The van der Waals surface area contributed by atoms with Crippen molar-refractivity contribution < 1.29 is 18.0 Å². The number of likely N-dealkylation sites (tertiary alicyclic amines) is 1. The van der Waals surface area contributed by atoms with E-state index in [0.29, 0.717) is 31.1 Å². The van der Waals surface area contributed by atoms with E-state index in [-0.39, 0.29) is 29.8 Å². The Hall–Kier alpha value is -2.32. The van der Waals surface area contributed by atoms with Crippen LogP contribution in [-0.4, -0.2) is 35.4 Å². The zero-order chi connectivity index (χ0) is 19.4. The van der Waals surface area contributed by atoms with E-state index in [2.05, 4.69) is 10.3 Å². The van der Waals surface area contributed by atoms with Crippen LogP contribution in [0.3, 0.4) is 0 Å². The second-order valence-corrected chi connectivity index (χ2v) is 6.57. The van der Waals surface area contributed by atoms with Gasteiger partial charge >= 0.3 is 6.18 Å². The fourth-order valence-corrected chi connectivity index (χ4v) is 3.13. The Kier molecular flexibility index (Phi) is 7.26. The van der Waals surface area contributed by atoms with Gasteiger partial charge in [-0.25, -0.2) is 4.98 Å². The standard InChI is InChI=1S/C19H21F3N4O.ClH/c20-19(21,22)14-3-1-4-15(11-14)25-17-16(5-2-8-24-17)18(27)26-9-6-13(12-23)7-10-26;/h1-5,8,11,13H,6-7,9-10,12,23H2,(H,24,25);1H. The van der Waals surface area contributed by atoms with Crippen LogP contribution in [0.1, 0.15) is 28.8 Å². The molecule has 2 aromatic rings. The lowest BCUT2D eigenvalue weighted by Gasteiger charge is -2.31. The molecule has 1 aliphatic rings. The molecule has 3 N–H and O–H groups in total. The summed E-state index contributed by atoms with van der Waals surface area (Å²) in [5.41, 5.74) is 5.48. The zero-order valence-electron chi connectivity index (χ0n) is 15.1. The van der Waals surface area contributed by atoms with E-state index in [1.807, 2.05) is 0 Å². The fraction of sp³-hybridized carbons (Fsp3) is 0.368. The van der Waals surface area contributed by atoms with Gasteiger partial charge in [-0.3, -0.25) is 4.79 Å². The van der Waals surface area contributed by atoms with Crippen LogP contribution in [0, 0.1) is 5.92 Å². The molecule has 0 aliphatic carbocycles. The molecule has 1 aliphatic heterocycles. The lowest BCUT2D eigenvalue weighted by molar-refractivity contribution is -0.137. The third kappa shape index (κ3) is 5.14. The van der Waals surface area contributed by atoms with Crippen LogP contribution < -0.4 is 11.1 Å². The van der Waals surface area contributed by atoms with Crippen LogP contribution in [0.15, 0.2) is 42.6 Å². The highest BCUT2D eigenvalue weighted by molar-refractivity contribution is 5.99. The van der Waals surface area contributed by atoms with Crippen molar-refractivity contribution in [2.24, 2.45) is 11.7 Å². The molecular weight excluding hydrogens is 393 g/mol. The van der Waals surface area contributed by atoms with E-state index in [9.17, 15) is 18.0 Å². The first-order chi connectivity index (χ1) is 12.9.